The van der Waals surface area contributed by atoms with E-state index in [4.69, 9.17) is 0 Å². The second-order valence-electron chi connectivity index (χ2n) is 1.68. The molecule has 0 rings (SSSR count). The topological polar surface area (TPSA) is 18.5 Å². The van der Waals surface area contributed by atoms with Gasteiger partial charge in [0.05, 0.1) is 11.5 Å². The first kappa shape index (κ1) is 11.9. The van der Waals surface area contributed by atoms with Gasteiger partial charge in [-0.3, -0.25) is 0 Å². The van der Waals surface area contributed by atoms with Gasteiger partial charge in [-0.25, -0.2) is 0 Å². The van der Waals surface area contributed by atoms with Gasteiger partial charge >= 0.3 is 12.0 Å². The van der Waals surface area contributed by atoms with Crippen molar-refractivity contribution >= 4 is 22.6 Å². The van der Waals surface area contributed by atoms with E-state index < -0.39 is 22.2 Å². The molecule has 2 nitrogen and oxygen atoms in total. The van der Waals surface area contributed by atoms with E-state index in [0.29, 0.717) is 0 Å². The third-order valence-electron chi connectivity index (χ3n) is 0.838. The summed E-state index contributed by atoms with van der Waals surface area (Å²) in [7, 11) is 0.867. The molecule has 0 unspecified atom stereocenters. The van der Waals surface area contributed by atoms with Crippen molar-refractivity contribution in [2.45, 2.75) is 5.92 Å². The van der Waals surface area contributed by atoms with E-state index in [9.17, 15) is 17.6 Å². The van der Waals surface area contributed by atoms with Gasteiger partial charge in [0.25, 0.3) is 5.76 Å². The molecule has 0 aromatic carbocycles. The maximum atomic E-state index is 12.5. The first-order valence-electron chi connectivity index (χ1n) is 2.66. The first-order valence-corrected chi connectivity index (χ1v) is 4.18. The summed E-state index contributed by atoms with van der Waals surface area (Å²) in [4.78, 5) is 7.37. The molecule has 0 N–H and O–H groups in total. The smallest absolute Gasteiger partial charge is 0.322 e. The predicted molar refractivity (Wildman–Crippen MR) is 41.2 cm³/mol. The molecule has 0 aliphatic rings. The van der Waals surface area contributed by atoms with Crippen LogP contribution in [0.25, 0.3) is 0 Å². The molecule has 0 aromatic heterocycles. The highest BCUT2D eigenvalue weighted by Crippen LogP contribution is 2.30. The number of halogens is 5. The van der Waals surface area contributed by atoms with Gasteiger partial charge < -0.3 is 4.89 Å². The highest BCUT2D eigenvalue weighted by molar-refractivity contribution is 14.1. The quantitative estimate of drug-likeness (QED) is 0.198. The summed E-state index contributed by atoms with van der Waals surface area (Å²) in [6.45, 7) is 0. The Hall–Kier alpha value is -0.0500. The fourth-order valence-electron chi connectivity index (χ4n) is 0.375. The molecule has 0 saturated heterocycles. The molecule has 7 heteroatoms. The van der Waals surface area contributed by atoms with Crippen molar-refractivity contribution in [2.75, 3.05) is 11.5 Å². The van der Waals surface area contributed by atoms with Crippen LogP contribution in [-0.4, -0.2) is 17.5 Å². The minimum atomic E-state index is -3.70. The van der Waals surface area contributed by atoms with Crippen LogP contribution in [0.2, 0.25) is 0 Å². The highest BCUT2D eigenvalue weighted by Gasteiger charge is 2.40. The minimum Gasteiger partial charge on any atom is -0.330 e. The van der Waals surface area contributed by atoms with Crippen LogP contribution in [0, 0.1) is 0 Å². The molecule has 0 aliphatic heterocycles. The molecular weight excluding hydrogens is 295 g/mol. The van der Waals surface area contributed by atoms with E-state index in [1.807, 2.05) is 0 Å². The zero-order valence-electron chi connectivity index (χ0n) is 5.91. The van der Waals surface area contributed by atoms with Crippen LogP contribution in [0.5, 0.6) is 0 Å². The highest BCUT2D eigenvalue weighted by atomic mass is 127. The lowest BCUT2D eigenvalue weighted by Gasteiger charge is -2.13. The fraction of sp³-hybridized carbons (Fsp3) is 0.600. The van der Waals surface area contributed by atoms with Crippen LogP contribution in [0.15, 0.2) is 11.8 Å². The minimum absolute atomic E-state index is 0.805. The van der Waals surface area contributed by atoms with Crippen molar-refractivity contribution in [1.29, 1.82) is 0 Å². The molecule has 0 aromatic rings. The molecule has 0 heterocycles. The van der Waals surface area contributed by atoms with Crippen LogP contribution in [-0.2, 0) is 9.78 Å². The maximum absolute atomic E-state index is 12.5. The molecule has 0 radical (unpaired) electrons. The number of alkyl halides is 3. The van der Waals surface area contributed by atoms with Gasteiger partial charge in [-0.05, 0) is 0 Å². The summed E-state index contributed by atoms with van der Waals surface area (Å²) in [5, 5.41) is 0. The van der Waals surface area contributed by atoms with Gasteiger partial charge in [0.2, 0.25) is 0 Å². The van der Waals surface area contributed by atoms with Crippen molar-refractivity contribution in [3.05, 3.63) is 11.8 Å². The Morgan fingerprint density at radius 3 is 2.17 bits per heavy atom. The summed E-state index contributed by atoms with van der Waals surface area (Å²) >= 11 is 1.27. The molecule has 0 atom stereocenters. The summed E-state index contributed by atoms with van der Waals surface area (Å²) in [5.41, 5.74) is 0. The van der Waals surface area contributed by atoms with Crippen LogP contribution in [0.3, 0.4) is 0 Å². The van der Waals surface area contributed by atoms with Crippen molar-refractivity contribution in [2.24, 2.45) is 0 Å². The first-order chi connectivity index (χ1) is 5.45. The van der Waals surface area contributed by atoms with Crippen molar-refractivity contribution in [3.8, 4) is 0 Å². The lowest BCUT2D eigenvalue weighted by atomic mass is 10.3. The number of hydrogen-bond acceptors (Lipinski definition) is 2. The maximum Gasteiger partial charge on any atom is 0.322 e. The molecule has 0 bridgehead atoms. The predicted octanol–water partition coefficient (Wildman–Crippen LogP) is 2.74. The Labute approximate surface area is 79.6 Å². The van der Waals surface area contributed by atoms with E-state index in [2.05, 4.69) is 9.78 Å². The van der Waals surface area contributed by atoms with E-state index in [0.717, 1.165) is 7.11 Å². The summed E-state index contributed by atoms with van der Waals surface area (Å²) in [5.74, 6) is -5.44. The van der Waals surface area contributed by atoms with Gasteiger partial charge in [-0.2, -0.15) is 22.4 Å². The molecule has 0 fully saturated rings. The molecule has 0 aliphatic carbocycles. The van der Waals surface area contributed by atoms with Crippen molar-refractivity contribution in [1.82, 2.24) is 0 Å². The Balaban J connectivity index is 4.64. The Kier molecular flexibility index (Phi) is 4.83. The van der Waals surface area contributed by atoms with Crippen LogP contribution in [0.4, 0.5) is 17.6 Å². The third-order valence-corrected chi connectivity index (χ3v) is 1.80. The van der Waals surface area contributed by atoms with Gasteiger partial charge in [0.15, 0.2) is 0 Å². The van der Waals surface area contributed by atoms with E-state index in [-0.39, 0.29) is 0 Å². The van der Waals surface area contributed by atoms with Crippen LogP contribution >= 0.6 is 22.6 Å². The standard InChI is InChI=1S/C5H5F4IO2/c1-11-12-3(4(6)7)5(8,9)2-10/h2H2,1H3. The average molecular weight is 300 g/mol. The molecule has 12 heavy (non-hydrogen) atoms. The SMILES string of the molecule is COOC(=C(F)F)C(F)(F)CI. The lowest BCUT2D eigenvalue weighted by Crippen LogP contribution is -2.23. The van der Waals surface area contributed by atoms with Crippen molar-refractivity contribution < 1.29 is 27.3 Å². The van der Waals surface area contributed by atoms with E-state index >= 15 is 0 Å². The molecule has 0 spiro atoms. The molecule has 0 saturated carbocycles. The van der Waals surface area contributed by atoms with Gasteiger partial charge in [0, 0.05) is 0 Å². The Bertz CT molecular complexity index is 178. The molecular formula is C5H5F4IO2. The molecule has 0 amide bonds. The zero-order chi connectivity index (χ0) is 9.78. The number of rotatable bonds is 4. The number of allylic oxidation sites excluding steroid dienone is 1. The Morgan fingerprint density at radius 1 is 1.42 bits per heavy atom. The largest absolute Gasteiger partial charge is 0.330 e. The van der Waals surface area contributed by atoms with Crippen molar-refractivity contribution in [3.63, 3.8) is 0 Å². The van der Waals surface area contributed by atoms with Gasteiger partial charge in [-0.1, -0.05) is 22.6 Å². The van der Waals surface area contributed by atoms with E-state index in [1.54, 1.807) is 0 Å². The second kappa shape index (κ2) is 4.85. The van der Waals surface area contributed by atoms with Crippen LogP contribution < -0.4 is 0 Å². The third kappa shape index (κ3) is 3.13. The Morgan fingerprint density at radius 2 is 1.92 bits per heavy atom. The molecule has 72 valence electrons. The summed E-state index contributed by atoms with van der Waals surface area (Å²) < 4.78 is 47.7. The average Bonchev–Trinajstić information content (AvgIpc) is 1.99. The number of hydrogen-bond donors (Lipinski definition) is 0. The van der Waals surface area contributed by atoms with E-state index in [1.165, 1.54) is 22.6 Å². The fourth-order valence-corrected chi connectivity index (χ4v) is 0.721. The second-order valence-corrected chi connectivity index (χ2v) is 2.44. The zero-order valence-corrected chi connectivity index (χ0v) is 8.07. The van der Waals surface area contributed by atoms with Crippen LogP contribution in [0.1, 0.15) is 0 Å². The normalized spacial score (nSPS) is 11.2. The summed E-state index contributed by atoms with van der Waals surface area (Å²) in [6.07, 6.45) is -2.58. The monoisotopic (exact) mass is 300 g/mol. The van der Waals surface area contributed by atoms with Gasteiger partial charge in [0.1, 0.15) is 0 Å². The lowest BCUT2D eigenvalue weighted by molar-refractivity contribution is -0.264. The van der Waals surface area contributed by atoms with Gasteiger partial charge in [-0.15, -0.1) is 0 Å². The summed E-state index contributed by atoms with van der Waals surface area (Å²) in [6, 6.07) is 0.